The average molecular weight is 438 g/mol. The molecule has 0 fully saturated rings. The van der Waals surface area contributed by atoms with Crippen LogP contribution >= 0.6 is 0 Å². The number of nitrogens with zero attached hydrogens (tertiary/aromatic N) is 2. The second-order valence-corrected chi connectivity index (χ2v) is 5.81. The summed E-state index contributed by atoms with van der Waals surface area (Å²) in [5.41, 5.74) is 1.41. The van der Waals surface area contributed by atoms with Crippen LogP contribution in [0.15, 0.2) is 48.8 Å². The first-order chi connectivity index (χ1) is 10.5. The molecule has 1 N–H and O–H groups in total. The zero-order valence-electron chi connectivity index (χ0n) is 14.6. The molecule has 0 saturated carbocycles. The third-order valence-electron chi connectivity index (χ3n) is 3.04. The molecule has 1 radical (unpaired) electrons. The molecule has 147 valence electrons. The van der Waals surface area contributed by atoms with Crippen molar-refractivity contribution in [2.45, 2.75) is 74.9 Å². The van der Waals surface area contributed by atoms with Gasteiger partial charge in [-0.15, -0.1) is 0 Å². The first kappa shape index (κ1) is 32.7. The van der Waals surface area contributed by atoms with Crippen molar-refractivity contribution < 1.29 is 37.5 Å². The Balaban J connectivity index is -0.000000168. The van der Waals surface area contributed by atoms with Crippen LogP contribution in [-0.2, 0) is 44.0 Å². The van der Waals surface area contributed by atoms with Crippen LogP contribution in [-0.4, -0.2) is 21.7 Å². The van der Waals surface area contributed by atoms with Crippen molar-refractivity contribution in [1.82, 2.24) is 15.1 Å². The maximum Gasteiger partial charge on any atom is 0.222 e. The molecule has 0 aliphatic heterocycles. The molecule has 26 heavy (non-hydrogen) atoms. The predicted octanol–water partition coefficient (Wildman–Crippen LogP) is 5.51. The molecule has 0 atom stereocenters. The Hall–Kier alpha value is -0.996. The Morgan fingerprint density at radius 1 is 1.04 bits per heavy atom. The maximum atomic E-state index is 11.2. The van der Waals surface area contributed by atoms with Gasteiger partial charge in [0.05, 0.1) is 0 Å². The third-order valence-corrected chi connectivity index (χ3v) is 3.04. The van der Waals surface area contributed by atoms with E-state index in [1.807, 2.05) is 32.2 Å². The Kier molecular flexibility index (Phi) is 23.6. The van der Waals surface area contributed by atoms with Gasteiger partial charge in [-0.1, -0.05) is 66.5 Å². The molecule has 0 saturated heterocycles. The molecule has 1 aromatic carbocycles. The fourth-order valence-corrected chi connectivity index (χ4v) is 1.88. The van der Waals surface area contributed by atoms with E-state index in [-0.39, 0.29) is 66.9 Å². The minimum atomic E-state index is 0. The summed E-state index contributed by atoms with van der Waals surface area (Å²) in [4.78, 5) is 11.2. The Labute approximate surface area is 187 Å². The van der Waals surface area contributed by atoms with Crippen LogP contribution in [0, 0.1) is 0 Å². The zero-order valence-corrected chi connectivity index (χ0v) is 17.4. The van der Waals surface area contributed by atoms with E-state index in [2.05, 4.69) is 48.5 Å². The minimum Gasteiger partial charge on any atom is -0.354 e. The van der Waals surface area contributed by atoms with Gasteiger partial charge < -0.3 is 5.32 Å². The standard InChI is InChI=1S/C9H15N3O.C9H12.3CH4.Y/c1-8(2)11-9(13)4-7-12-6-3-5-10-12;1-8(2)9-6-4-3-5-7-9;;;;/h3,5-6,8H,4,7H2,1-2H3,(H,11,13);3-8H,1-2H3;3*1H4;. The second kappa shape index (κ2) is 18.8. The van der Waals surface area contributed by atoms with Gasteiger partial charge in [-0.2, -0.15) is 5.10 Å². The fourth-order valence-electron chi connectivity index (χ4n) is 1.88. The van der Waals surface area contributed by atoms with Gasteiger partial charge >= 0.3 is 0 Å². The van der Waals surface area contributed by atoms with E-state index in [4.69, 9.17) is 0 Å². The molecular formula is C21H39N3OY. The number of carbonyl (C=O) groups excluding carboxylic acids is 1. The van der Waals surface area contributed by atoms with E-state index >= 15 is 0 Å². The molecule has 0 bridgehead atoms. The van der Waals surface area contributed by atoms with Gasteiger partial charge in [-0.3, -0.25) is 9.48 Å². The molecule has 1 aromatic heterocycles. The average Bonchev–Trinajstić information content (AvgIpc) is 2.99. The molecule has 5 heteroatoms. The monoisotopic (exact) mass is 438 g/mol. The summed E-state index contributed by atoms with van der Waals surface area (Å²) in [6, 6.07) is 12.6. The third kappa shape index (κ3) is 15.3. The Bertz CT molecular complexity index is 525. The Morgan fingerprint density at radius 2 is 1.62 bits per heavy atom. The Morgan fingerprint density at radius 3 is 2.00 bits per heavy atom. The molecule has 1 heterocycles. The molecule has 0 aliphatic carbocycles. The van der Waals surface area contributed by atoms with E-state index in [9.17, 15) is 4.79 Å². The van der Waals surface area contributed by atoms with Crippen LogP contribution < -0.4 is 5.32 Å². The maximum absolute atomic E-state index is 11.2. The van der Waals surface area contributed by atoms with Crippen molar-refractivity contribution in [3.63, 3.8) is 0 Å². The summed E-state index contributed by atoms with van der Waals surface area (Å²) in [6.07, 6.45) is 4.04. The van der Waals surface area contributed by atoms with Gasteiger partial charge in [0.25, 0.3) is 0 Å². The number of carbonyl (C=O) groups is 1. The van der Waals surface area contributed by atoms with Crippen molar-refractivity contribution >= 4 is 5.91 Å². The predicted molar refractivity (Wildman–Crippen MR) is 111 cm³/mol. The van der Waals surface area contributed by atoms with Crippen LogP contribution in [0.2, 0.25) is 0 Å². The summed E-state index contributed by atoms with van der Waals surface area (Å²) in [5.74, 6) is 0.733. The van der Waals surface area contributed by atoms with Crippen molar-refractivity contribution in [3.8, 4) is 0 Å². The summed E-state index contributed by atoms with van der Waals surface area (Å²) < 4.78 is 1.75. The number of benzene rings is 1. The van der Waals surface area contributed by atoms with Crippen LogP contribution in [0.3, 0.4) is 0 Å². The topological polar surface area (TPSA) is 46.9 Å². The molecule has 2 rings (SSSR count). The molecule has 1 amide bonds. The molecule has 2 aromatic rings. The van der Waals surface area contributed by atoms with Gasteiger partial charge in [0, 0.05) is 64.1 Å². The van der Waals surface area contributed by atoms with E-state index in [0.29, 0.717) is 18.9 Å². The quantitative estimate of drug-likeness (QED) is 0.669. The van der Waals surface area contributed by atoms with Gasteiger partial charge in [-0.05, 0) is 31.4 Å². The van der Waals surface area contributed by atoms with Crippen molar-refractivity contribution in [1.29, 1.82) is 0 Å². The van der Waals surface area contributed by atoms with Gasteiger partial charge in [0.2, 0.25) is 5.91 Å². The minimum absolute atomic E-state index is 0. The van der Waals surface area contributed by atoms with E-state index < -0.39 is 0 Å². The number of amides is 1. The van der Waals surface area contributed by atoms with Crippen molar-refractivity contribution in [3.05, 3.63) is 54.4 Å². The van der Waals surface area contributed by atoms with E-state index in [1.54, 1.807) is 10.9 Å². The summed E-state index contributed by atoms with van der Waals surface area (Å²) in [6.45, 7) is 8.95. The van der Waals surface area contributed by atoms with Gasteiger partial charge in [0.15, 0.2) is 0 Å². The number of aromatic nitrogens is 2. The van der Waals surface area contributed by atoms with Crippen molar-refractivity contribution in [2.75, 3.05) is 0 Å². The van der Waals surface area contributed by atoms with E-state index in [0.717, 1.165) is 0 Å². The van der Waals surface area contributed by atoms with Gasteiger partial charge in [0.1, 0.15) is 0 Å². The number of hydrogen-bond donors (Lipinski definition) is 1. The molecule has 0 spiro atoms. The van der Waals surface area contributed by atoms with Crippen molar-refractivity contribution in [2.24, 2.45) is 0 Å². The summed E-state index contributed by atoms with van der Waals surface area (Å²) in [5, 5.41) is 6.83. The smallest absolute Gasteiger partial charge is 0.222 e. The molecule has 4 nitrogen and oxygen atoms in total. The van der Waals surface area contributed by atoms with Crippen LogP contribution in [0.1, 0.15) is 67.9 Å². The number of aryl methyl sites for hydroxylation is 1. The zero-order chi connectivity index (χ0) is 16.4. The summed E-state index contributed by atoms with van der Waals surface area (Å²) in [7, 11) is 0. The van der Waals surface area contributed by atoms with Gasteiger partial charge in [-0.25, -0.2) is 0 Å². The first-order valence-corrected chi connectivity index (χ1v) is 7.80. The number of hydrogen-bond acceptors (Lipinski definition) is 2. The molecule has 0 aliphatic rings. The first-order valence-electron chi connectivity index (χ1n) is 7.80. The largest absolute Gasteiger partial charge is 0.354 e. The SMILES string of the molecule is C.C.C.CC(C)NC(=O)CCn1cccn1.CC(C)c1ccccc1.[Y]. The molecule has 0 unspecified atom stereocenters. The van der Waals surface area contributed by atoms with Crippen LogP contribution in [0.25, 0.3) is 0 Å². The number of nitrogens with one attached hydrogen (secondary N) is 1. The second-order valence-electron chi connectivity index (χ2n) is 5.81. The normalized spacial score (nSPS) is 8.69. The number of rotatable bonds is 5. The van der Waals surface area contributed by atoms with E-state index in [1.165, 1.54) is 5.56 Å². The van der Waals surface area contributed by atoms with Crippen LogP contribution in [0.5, 0.6) is 0 Å². The molecular weight excluding hydrogens is 399 g/mol. The van der Waals surface area contributed by atoms with Crippen LogP contribution in [0.4, 0.5) is 0 Å². The fraction of sp³-hybridized carbons (Fsp3) is 0.524. The summed E-state index contributed by atoms with van der Waals surface area (Å²) >= 11 is 0.